The van der Waals surface area contributed by atoms with E-state index in [-0.39, 0.29) is 0 Å². The maximum absolute atomic E-state index is 6.01. The van der Waals surface area contributed by atoms with E-state index in [1.165, 1.54) is 63.0 Å². The number of rotatable bonds is 3. The number of hydrogen-bond donors (Lipinski definition) is 1. The van der Waals surface area contributed by atoms with Crippen molar-refractivity contribution in [1.29, 1.82) is 0 Å². The Morgan fingerprint density at radius 3 is 2.70 bits per heavy atom. The maximum Gasteiger partial charge on any atom is 0.0346 e. The van der Waals surface area contributed by atoms with Gasteiger partial charge in [0, 0.05) is 31.4 Å². The van der Waals surface area contributed by atoms with E-state index in [9.17, 15) is 0 Å². The van der Waals surface area contributed by atoms with Crippen LogP contribution in [0.5, 0.6) is 0 Å². The van der Waals surface area contributed by atoms with E-state index < -0.39 is 0 Å². The van der Waals surface area contributed by atoms with Gasteiger partial charge in [0.25, 0.3) is 0 Å². The van der Waals surface area contributed by atoms with E-state index >= 15 is 0 Å². The lowest BCUT2D eigenvalue weighted by Gasteiger charge is -2.32. The number of likely N-dealkylation sites (tertiary alicyclic amines) is 2. The molecule has 1 aromatic rings. The molecule has 3 rings (SSSR count). The minimum atomic E-state index is 0.790. The first kappa shape index (κ1) is 13.9. The van der Waals surface area contributed by atoms with Gasteiger partial charge < -0.3 is 5.73 Å². The van der Waals surface area contributed by atoms with E-state index in [0.717, 1.165) is 18.3 Å². The van der Waals surface area contributed by atoms with Gasteiger partial charge in [-0.15, -0.1) is 0 Å². The van der Waals surface area contributed by atoms with Crippen LogP contribution in [0.2, 0.25) is 0 Å². The Balaban J connectivity index is 1.55. The molecule has 0 amide bonds. The van der Waals surface area contributed by atoms with Crippen LogP contribution >= 0.6 is 0 Å². The van der Waals surface area contributed by atoms with Gasteiger partial charge in [-0.25, -0.2) is 0 Å². The van der Waals surface area contributed by atoms with Gasteiger partial charge in [-0.3, -0.25) is 9.80 Å². The van der Waals surface area contributed by atoms with Crippen molar-refractivity contribution < 1.29 is 0 Å². The number of nitrogens with two attached hydrogens (primary N) is 1. The van der Waals surface area contributed by atoms with Crippen LogP contribution in [0.3, 0.4) is 0 Å². The third kappa shape index (κ3) is 3.15. The maximum atomic E-state index is 6.01. The third-order valence-corrected chi connectivity index (χ3v) is 4.90. The summed E-state index contributed by atoms with van der Waals surface area (Å²) in [6.45, 7) is 8.21. The van der Waals surface area contributed by atoms with Gasteiger partial charge in [0.1, 0.15) is 0 Å². The predicted molar refractivity (Wildman–Crippen MR) is 84.7 cm³/mol. The number of benzene rings is 1. The second-order valence-corrected chi connectivity index (χ2v) is 6.47. The summed E-state index contributed by atoms with van der Waals surface area (Å²) in [6, 6.07) is 7.30. The van der Waals surface area contributed by atoms with E-state index in [2.05, 4.69) is 34.9 Å². The summed E-state index contributed by atoms with van der Waals surface area (Å²) in [6.07, 6.45) is 5.55. The molecule has 0 radical (unpaired) electrons. The summed E-state index contributed by atoms with van der Waals surface area (Å²) in [5, 5.41) is 0. The largest absolute Gasteiger partial charge is 0.399 e. The van der Waals surface area contributed by atoms with E-state index in [0.29, 0.717) is 0 Å². The Bertz CT molecular complexity index is 452. The lowest BCUT2D eigenvalue weighted by atomic mass is 10.1. The Labute approximate surface area is 122 Å². The van der Waals surface area contributed by atoms with Crippen molar-refractivity contribution in [1.82, 2.24) is 9.80 Å². The van der Waals surface area contributed by atoms with E-state index in [4.69, 9.17) is 5.73 Å². The molecule has 3 nitrogen and oxygen atoms in total. The molecule has 2 saturated heterocycles. The smallest absolute Gasteiger partial charge is 0.0346 e. The molecule has 0 aromatic heterocycles. The Morgan fingerprint density at radius 2 is 1.95 bits per heavy atom. The number of aryl methyl sites for hydroxylation is 1. The fraction of sp³-hybridized carbons (Fsp3) is 0.647. The molecule has 1 unspecified atom stereocenters. The van der Waals surface area contributed by atoms with Gasteiger partial charge in [0.15, 0.2) is 0 Å². The van der Waals surface area contributed by atoms with Crippen LogP contribution in [-0.2, 0) is 6.54 Å². The highest BCUT2D eigenvalue weighted by Crippen LogP contribution is 2.22. The molecule has 1 atom stereocenters. The molecule has 2 N–H and O–H groups in total. The minimum absolute atomic E-state index is 0.790. The van der Waals surface area contributed by atoms with Crippen molar-refractivity contribution in [3.05, 3.63) is 29.3 Å². The summed E-state index contributed by atoms with van der Waals surface area (Å²) in [4.78, 5) is 5.30. The molecule has 2 aliphatic rings. The van der Waals surface area contributed by atoms with Crippen molar-refractivity contribution in [3.63, 3.8) is 0 Å². The quantitative estimate of drug-likeness (QED) is 0.859. The van der Waals surface area contributed by atoms with Gasteiger partial charge >= 0.3 is 0 Å². The summed E-state index contributed by atoms with van der Waals surface area (Å²) >= 11 is 0. The second kappa shape index (κ2) is 6.15. The van der Waals surface area contributed by atoms with Gasteiger partial charge in [-0.05, 0) is 56.5 Å². The number of anilines is 1. The van der Waals surface area contributed by atoms with Crippen LogP contribution < -0.4 is 5.73 Å². The van der Waals surface area contributed by atoms with Crippen LogP contribution in [0.15, 0.2) is 18.2 Å². The molecule has 0 aliphatic carbocycles. The lowest BCUT2D eigenvalue weighted by Crippen LogP contribution is -2.40. The number of nitrogens with zero attached hydrogens (tertiary/aromatic N) is 2. The number of nitrogen functional groups attached to an aromatic ring is 1. The normalized spacial score (nSPS) is 25.1. The van der Waals surface area contributed by atoms with Crippen LogP contribution in [0, 0.1) is 6.92 Å². The van der Waals surface area contributed by atoms with Crippen molar-refractivity contribution in [2.75, 3.05) is 31.9 Å². The monoisotopic (exact) mass is 273 g/mol. The van der Waals surface area contributed by atoms with Crippen LogP contribution in [-0.4, -0.2) is 42.0 Å². The molecule has 3 heteroatoms. The van der Waals surface area contributed by atoms with E-state index in [1.54, 1.807) is 0 Å². The van der Waals surface area contributed by atoms with Crippen LogP contribution in [0.4, 0.5) is 5.69 Å². The zero-order chi connectivity index (χ0) is 13.9. The zero-order valence-electron chi connectivity index (χ0n) is 12.6. The highest BCUT2D eigenvalue weighted by molar-refractivity contribution is 5.48. The summed E-state index contributed by atoms with van der Waals surface area (Å²) in [5.41, 5.74) is 9.47. The fourth-order valence-electron chi connectivity index (χ4n) is 3.58. The highest BCUT2D eigenvalue weighted by atomic mass is 15.3. The van der Waals surface area contributed by atoms with Gasteiger partial charge in [0.05, 0.1) is 0 Å². The van der Waals surface area contributed by atoms with Gasteiger partial charge in [-0.2, -0.15) is 0 Å². The molecular weight excluding hydrogens is 246 g/mol. The molecule has 2 heterocycles. The van der Waals surface area contributed by atoms with Crippen molar-refractivity contribution >= 4 is 5.69 Å². The molecule has 110 valence electrons. The highest BCUT2D eigenvalue weighted by Gasteiger charge is 2.28. The standard InChI is InChI=1S/C17H27N3/c1-14-5-6-15(11-17(14)18)12-19-10-7-16(13-19)20-8-3-2-4-9-20/h5-6,11,16H,2-4,7-10,12-13,18H2,1H3. The van der Waals surface area contributed by atoms with Crippen LogP contribution in [0.25, 0.3) is 0 Å². The molecule has 0 bridgehead atoms. The molecule has 2 fully saturated rings. The lowest BCUT2D eigenvalue weighted by molar-refractivity contribution is 0.161. The average Bonchev–Trinajstić information content (AvgIpc) is 2.92. The average molecular weight is 273 g/mol. The molecule has 0 saturated carbocycles. The van der Waals surface area contributed by atoms with Gasteiger partial charge in [-0.1, -0.05) is 18.6 Å². The molecule has 20 heavy (non-hydrogen) atoms. The first-order valence-electron chi connectivity index (χ1n) is 8.04. The second-order valence-electron chi connectivity index (χ2n) is 6.47. The Kier molecular flexibility index (Phi) is 4.27. The van der Waals surface area contributed by atoms with E-state index in [1.807, 2.05) is 0 Å². The molecular formula is C17H27N3. The fourth-order valence-corrected chi connectivity index (χ4v) is 3.58. The van der Waals surface area contributed by atoms with Gasteiger partial charge in [0.2, 0.25) is 0 Å². The summed E-state index contributed by atoms with van der Waals surface area (Å²) in [5.74, 6) is 0. The third-order valence-electron chi connectivity index (χ3n) is 4.90. The predicted octanol–water partition coefficient (Wildman–Crippen LogP) is 2.64. The van der Waals surface area contributed by atoms with Crippen molar-refractivity contribution in [3.8, 4) is 0 Å². The first-order chi connectivity index (χ1) is 9.72. The molecule has 1 aromatic carbocycles. The minimum Gasteiger partial charge on any atom is -0.399 e. The van der Waals surface area contributed by atoms with Crippen molar-refractivity contribution in [2.24, 2.45) is 0 Å². The SMILES string of the molecule is Cc1ccc(CN2CCC(N3CCCCC3)C2)cc1N. The topological polar surface area (TPSA) is 32.5 Å². The Morgan fingerprint density at radius 1 is 1.15 bits per heavy atom. The van der Waals surface area contributed by atoms with Crippen LogP contribution in [0.1, 0.15) is 36.8 Å². The summed E-state index contributed by atoms with van der Waals surface area (Å²) < 4.78 is 0. The molecule has 2 aliphatic heterocycles. The van der Waals surface area contributed by atoms with Crippen molar-refractivity contribution in [2.45, 2.75) is 45.2 Å². The molecule has 0 spiro atoms. The number of hydrogen-bond acceptors (Lipinski definition) is 3. The first-order valence-corrected chi connectivity index (χ1v) is 8.04. The number of piperidine rings is 1. The summed E-state index contributed by atoms with van der Waals surface area (Å²) in [7, 11) is 0. The Hall–Kier alpha value is -1.06. The zero-order valence-corrected chi connectivity index (χ0v) is 12.6.